The molecule has 3 heteroatoms. The molecule has 0 amide bonds. The van der Waals surface area contributed by atoms with Crippen LogP contribution in [0.5, 0.6) is 0 Å². The Morgan fingerprint density at radius 1 is 0.867 bits per heavy atom. The van der Waals surface area contributed by atoms with Gasteiger partial charge in [0.25, 0.3) is 0 Å². The Morgan fingerprint density at radius 2 is 1.47 bits per heavy atom. The molecule has 0 aliphatic heterocycles. The summed E-state index contributed by atoms with van der Waals surface area (Å²) in [7, 11) is 0. The summed E-state index contributed by atoms with van der Waals surface area (Å²) in [6.07, 6.45) is 4.07. The number of hydrogen-bond acceptors (Lipinski definition) is 3. The van der Waals surface area contributed by atoms with Crippen LogP contribution in [0.15, 0.2) is 0 Å². The highest BCUT2D eigenvalue weighted by atomic mass is 16.5. The van der Waals surface area contributed by atoms with E-state index in [4.69, 9.17) is 14.6 Å². The molecular formula is C12H26O3. The summed E-state index contributed by atoms with van der Waals surface area (Å²) in [5, 5.41) is 8.52. The Kier molecular flexibility index (Phi) is 9.06. The summed E-state index contributed by atoms with van der Waals surface area (Å²) in [6.45, 7) is 8.76. The van der Waals surface area contributed by atoms with E-state index in [2.05, 4.69) is 20.8 Å². The van der Waals surface area contributed by atoms with Crippen molar-refractivity contribution in [3.05, 3.63) is 0 Å². The fourth-order valence-corrected chi connectivity index (χ4v) is 1.13. The van der Waals surface area contributed by atoms with E-state index in [9.17, 15) is 0 Å². The minimum atomic E-state index is -0.0162. The second-order valence-corrected chi connectivity index (χ2v) is 4.71. The lowest BCUT2D eigenvalue weighted by Gasteiger charge is -2.19. The lowest BCUT2D eigenvalue weighted by Crippen LogP contribution is -2.19. The molecule has 0 aromatic heterocycles. The number of hydrogen-bond donors (Lipinski definition) is 1. The summed E-state index contributed by atoms with van der Waals surface area (Å²) in [4.78, 5) is 0. The Morgan fingerprint density at radius 3 is 2.07 bits per heavy atom. The van der Waals surface area contributed by atoms with Gasteiger partial charge in [-0.25, -0.2) is 0 Å². The van der Waals surface area contributed by atoms with Crippen LogP contribution in [0.2, 0.25) is 0 Å². The van der Waals surface area contributed by atoms with E-state index in [1.807, 2.05) is 0 Å². The second kappa shape index (κ2) is 9.13. The second-order valence-electron chi connectivity index (χ2n) is 4.71. The van der Waals surface area contributed by atoms with E-state index >= 15 is 0 Å². The topological polar surface area (TPSA) is 38.7 Å². The van der Waals surface area contributed by atoms with Crippen molar-refractivity contribution >= 4 is 0 Å². The van der Waals surface area contributed by atoms with E-state index in [0.717, 1.165) is 38.9 Å². The van der Waals surface area contributed by atoms with E-state index < -0.39 is 0 Å². The molecule has 0 atom stereocenters. The zero-order valence-corrected chi connectivity index (χ0v) is 10.4. The van der Waals surface area contributed by atoms with E-state index in [0.29, 0.717) is 6.61 Å². The molecule has 0 saturated carbocycles. The standard InChI is InChI=1S/C12H26O3/c1-12(2,3)15-11-6-4-5-9-14-10-7-8-13/h13H,4-11H2,1-3H3. The number of aliphatic hydroxyl groups excluding tert-OH is 1. The van der Waals surface area contributed by atoms with Gasteiger partial charge in [-0.15, -0.1) is 0 Å². The summed E-state index contributed by atoms with van der Waals surface area (Å²) < 4.78 is 10.9. The van der Waals surface area contributed by atoms with Crippen molar-refractivity contribution in [1.82, 2.24) is 0 Å². The first-order chi connectivity index (χ1) is 7.06. The lowest BCUT2D eigenvalue weighted by molar-refractivity contribution is -0.00538. The van der Waals surface area contributed by atoms with Crippen molar-refractivity contribution in [1.29, 1.82) is 0 Å². The van der Waals surface area contributed by atoms with Gasteiger partial charge in [0.15, 0.2) is 0 Å². The number of aliphatic hydroxyl groups is 1. The maximum atomic E-state index is 8.52. The molecule has 0 aliphatic carbocycles. The van der Waals surface area contributed by atoms with Gasteiger partial charge in [0.1, 0.15) is 0 Å². The van der Waals surface area contributed by atoms with Gasteiger partial charge in [0.05, 0.1) is 5.60 Å². The first kappa shape index (κ1) is 14.9. The number of ether oxygens (including phenoxy) is 2. The molecule has 0 aromatic carbocycles. The van der Waals surface area contributed by atoms with Crippen LogP contribution in [-0.4, -0.2) is 37.1 Å². The Hall–Kier alpha value is -0.120. The molecule has 0 heterocycles. The van der Waals surface area contributed by atoms with Gasteiger partial charge in [0, 0.05) is 26.4 Å². The molecular weight excluding hydrogens is 192 g/mol. The molecule has 1 N–H and O–H groups in total. The third-order valence-electron chi connectivity index (χ3n) is 1.91. The molecule has 0 aromatic rings. The zero-order valence-electron chi connectivity index (χ0n) is 10.4. The SMILES string of the molecule is CC(C)(C)OCCCCCOCCCO. The van der Waals surface area contributed by atoms with Crippen LogP contribution < -0.4 is 0 Å². The minimum Gasteiger partial charge on any atom is -0.396 e. The van der Waals surface area contributed by atoms with Crippen molar-refractivity contribution in [2.24, 2.45) is 0 Å². The molecule has 0 unspecified atom stereocenters. The van der Waals surface area contributed by atoms with E-state index in [-0.39, 0.29) is 12.2 Å². The highest BCUT2D eigenvalue weighted by Gasteiger charge is 2.08. The maximum Gasteiger partial charge on any atom is 0.0598 e. The molecule has 3 nitrogen and oxygen atoms in total. The quantitative estimate of drug-likeness (QED) is 0.604. The third kappa shape index (κ3) is 13.9. The molecule has 0 saturated heterocycles. The van der Waals surface area contributed by atoms with Crippen molar-refractivity contribution < 1.29 is 14.6 Å². The fraction of sp³-hybridized carbons (Fsp3) is 1.00. The number of unbranched alkanes of at least 4 members (excludes halogenated alkanes) is 2. The fourth-order valence-electron chi connectivity index (χ4n) is 1.13. The molecule has 0 spiro atoms. The van der Waals surface area contributed by atoms with Crippen LogP contribution in [0.1, 0.15) is 46.5 Å². The smallest absolute Gasteiger partial charge is 0.0598 e. The Labute approximate surface area is 93.8 Å². The summed E-state index contributed by atoms with van der Waals surface area (Å²) >= 11 is 0. The van der Waals surface area contributed by atoms with Gasteiger partial charge in [-0.3, -0.25) is 0 Å². The Balaban J connectivity index is 2.99. The molecule has 0 radical (unpaired) electrons. The van der Waals surface area contributed by atoms with Gasteiger partial charge < -0.3 is 14.6 Å². The van der Waals surface area contributed by atoms with Gasteiger partial charge in [-0.1, -0.05) is 0 Å². The van der Waals surface area contributed by atoms with Gasteiger partial charge in [-0.2, -0.15) is 0 Å². The first-order valence-corrected chi connectivity index (χ1v) is 5.89. The predicted molar refractivity (Wildman–Crippen MR) is 62.1 cm³/mol. The van der Waals surface area contributed by atoms with Crippen LogP contribution in [0.4, 0.5) is 0 Å². The molecule has 0 rings (SSSR count). The van der Waals surface area contributed by atoms with E-state index in [1.165, 1.54) is 0 Å². The first-order valence-electron chi connectivity index (χ1n) is 5.89. The molecule has 0 fully saturated rings. The minimum absolute atomic E-state index is 0.0162. The summed E-state index contributed by atoms with van der Waals surface area (Å²) in [6, 6.07) is 0. The Bertz CT molecular complexity index is 129. The van der Waals surface area contributed by atoms with Crippen molar-refractivity contribution in [2.75, 3.05) is 26.4 Å². The third-order valence-corrected chi connectivity index (χ3v) is 1.91. The summed E-state index contributed by atoms with van der Waals surface area (Å²) in [5.74, 6) is 0. The predicted octanol–water partition coefficient (Wildman–Crippen LogP) is 2.37. The average Bonchev–Trinajstić information content (AvgIpc) is 2.14. The largest absolute Gasteiger partial charge is 0.396 e. The lowest BCUT2D eigenvalue weighted by atomic mass is 10.2. The monoisotopic (exact) mass is 218 g/mol. The average molecular weight is 218 g/mol. The van der Waals surface area contributed by atoms with Crippen LogP contribution in [0.25, 0.3) is 0 Å². The molecule has 0 bridgehead atoms. The molecule has 15 heavy (non-hydrogen) atoms. The van der Waals surface area contributed by atoms with Gasteiger partial charge >= 0.3 is 0 Å². The van der Waals surface area contributed by atoms with Crippen molar-refractivity contribution in [3.63, 3.8) is 0 Å². The van der Waals surface area contributed by atoms with Gasteiger partial charge in [0.2, 0.25) is 0 Å². The van der Waals surface area contributed by atoms with Crippen LogP contribution in [0, 0.1) is 0 Å². The van der Waals surface area contributed by atoms with Crippen molar-refractivity contribution in [3.8, 4) is 0 Å². The highest BCUT2D eigenvalue weighted by Crippen LogP contribution is 2.08. The zero-order chi connectivity index (χ0) is 11.6. The molecule has 92 valence electrons. The normalized spacial score (nSPS) is 12.0. The summed E-state index contributed by atoms with van der Waals surface area (Å²) in [5.41, 5.74) is -0.0162. The van der Waals surface area contributed by atoms with E-state index in [1.54, 1.807) is 0 Å². The van der Waals surface area contributed by atoms with Crippen LogP contribution in [-0.2, 0) is 9.47 Å². The highest BCUT2D eigenvalue weighted by molar-refractivity contribution is 4.58. The van der Waals surface area contributed by atoms with Gasteiger partial charge in [-0.05, 0) is 46.5 Å². The van der Waals surface area contributed by atoms with Crippen LogP contribution >= 0.6 is 0 Å². The van der Waals surface area contributed by atoms with Crippen LogP contribution in [0.3, 0.4) is 0 Å². The maximum absolute atomic E-state index is 8.52. The number of rotatable bonds is 9. The van der Waals surface area contributed by atoms with Crippen molar-refractivity contribution in [2.45, 2.75) is 52.1 Å². The molecule has 0 aliphatic rings.